The van der Waals surface area contributed by atoms with Gasteiger partial charge in [-0.3, -0.25) is 4.79 Å². The molecular formula is C25H41N3O3. The van der Waals surface area contributed by atoms with Crippen LogP contribution in [0.15, 0.2) is 18.2 Å². The van der Waals surface area contributed by atoms with Crippen molar-refractivity contribution in [2.75, 3.05) is 22.9 Å². The largest absolute Gasteiger partial charge is 0.456 e. The molecule has 1 heterocycles. The van der Waals surface area contributed by atoms with Crippen molar-refractivity contribution < 1.29 is 14.3 Å². The van der Waals surface area contributed by atoms with Crippen LogP contribution in [0.5, 0.6) is 0 Å². The number of ether oxygens (including phenoxy) is 1. The lowest BCUT2D eigenvalue weighted by Crippen LogP contribution is -2.53. The number of rotatable bonds is 5. The van der Waals surface area contributed by atoms with E-state index in [1.54, 1.807) is 17.0 Å². The Kier molecular flexibility index (Phi) is 8.52. The summed E-state index contributed by atoms with van der Waals surface area (Å²) in [5.74, 6) is 0.391. The van der Waals surface area contributed by atoms with E-state index in [9.17, 15) is 9.59 Å². The van der Waals surface area contributed by atoms with Crippen molar-refractivity contribution in [2.24, 2.45) is 11.7 Å². The Hall–Kier alpha value is -2.08. The van der Waals surface area contributed by atoms with Crippen molar-refractivity contribution in [1.82, 2.24) is 0 Å². The molecule has 1 amide bonds. The summed E-state index contributed by atoms with van der Waals surface area (Å²) in [4.78, 5) is 29.2. The van der Waals surface area contributed by atoms with Gasteiger partial charge in [0, 0.05) is 12.6 Å². The zero-order valence-electron chi connectivity index (χ0n) is 20.4. The van der Waals surface area contributed by atoms with Gasteiger partial charge in [0.25, 0.3) is 0 Å². The van der Waals surface area contributed by atoms with Gasteiger partial charge in [-0.25, -0.2) is 4.79 Å². The maximum atomic E-state index is 12.6. The van der Waals surface area contributed by atoms with Gasteiger partial charge < -0.3 is 20.3 Å². The second-order valence-electron chi connectivity index (χ2n) is 9.92. The Bertz CT molecular complexity index is 766. The van der Waals surface area contributed by atoms with Crippen molar-refractivity contribution in [1.29, 1.82) is 0 Å². The first-order valence-corrected chi connectivity index (χ1v) is 11.7. The third-order valence-corrected chi connectivity index (χ3v) is 5.67. The van der Waals surface area contributed by atoms with Gasteiger partial charge in [-0.1, -0.05) is 34.1 Å². The third kappa shape index (κ3) is 6.70. The lowest BCUT2D eigenvalue weighted by atomic mass is 10.0. The monoisotopic (exact) mass is 431 g/mol. The minimum atomic E-state index is -0.564. The van der Waals surface area contributed by atoms with Crippen LogP contribution < -0.4 is 15.5 Å². The van der Waals surface area contributed by atoms with Crippen LogP contribution in [0.2, 0.25) is 0 Å². The number of amides is 1. The molecule has 1 aromatic rings. The number of anilines is 2. The van der Waals surface area contributed by atoms with E-state index >= 15 is 0 Å². The van der Waals surface area contributed by atoms with E-state index in [2.05, 4.69) is 32.6 Å². The average molecular weight is 432 g/mol. The molecule has 1 fully saturated rings. The van der Waals surface area contributed by atoms with Gasteiger partial charge >= 0.3 is 5.97 Å². The molecule has 6 heteroatoms. The molecule has 31 heavy (non-hydrogen) atoms. The second kappa shape index (κ2) is 10.5. The molecule has 1 aromatic carbocycles. The summed E-state index contributed by atoms with van der Waals surface area (Å²) in [7, 11) is 0. The summed E-state index contributed by atoms with van der Waals surface area (Å²) in [6, 6.07) is 6.11. The van der Waals surface area contributed by atoms with Crippen molar-refractivity contribution in [3.63, 3.8) is 0 Å². The quantitative estimate of drug-likeness (QED) is 0.681. The molecule has 1 unspecified atom stereocenters. The summed E-state index contributed by atoms with van der Waals surface area (Å²) in [5.41, 5.74) is 7.34. The predicted molar refractivity (Wildman–Crippen MR) is 128 cm³/mol. The van der Waals surface area contributed by atoms with Gasteiger partial charge in [-0.2, -0.15) is 0 Å². The molecule has 0 radical (unpaired) electrons. The first kappa shape index (κ1) is 25.2. The van der Waals surface area contributed by atoms with Crippen LogP contribution in [-0.2, 0) is 9.53 Å². The average Bonchev–Trinajstić information content (AvgIpc) is 3.55. The van der Waals surface area contributed by atoms with Crippen molar-refractivity contribution in [2.45, 2.75) is 91.8 Å². The molecule has 174 valence electrons. The zero-order chi connectivity index (χ0) is 23.3. The fraction of sp³-hybridized carbons (Fsp3) is 0.680. The van der Waals surface area contributed by atoms with E-state index in [-0.39, 0.29) is 24.5 Å². The van der Waals surface area contributed by atoms with Crippen molar-refractivity contribution in [3.05, 3.63) is 23.8 Å². The maximum absolute atomic E-state index is 12.6. The SMILES string of the molecule is CCC(C)C.CCC1CN(C2CC2)c2ccc(C(=O)OC(C)(C)C)cc2N1C(=O)CN. The lowest BCUT2D eigenvalue weighted by Gasteiger charge is -2.43. The molecule has 1 atom stereocenters. The third-order valence-electron chi connectivity index (χ3n) is 5.67. The Morgan fingerprint density at radius 3 is 2.23 bits per heavy atom. The normalized spacial score (nSPS) is 18.3. The number of carbonyl (C=O) groups excluding carboxylic acids is 2. The molecule has 1 aliphatic carbocycles. The topological polar surface area (TPSA) is 75.9 Å². The number of benzene rings is 1. The van der Waals surface area contributed by atoms with E-state index in [1.165, 1.54) is 19.3 Å². The van der Waals surface area contributed by atoms with E-state index in [0.29, 0.717) is 11.6 Å². The van der Waals surface area contributed by atoms with Crippen molar-refractivity contribution in [3.8, 4) is 0 Å². The second-order valence-corrected chi connectivity index (χ2v) is 9.92. The first-order chi connectivity index (χ1) is 14.5. The number of hydrogen-bond donors (Lipinski definition) is 1. The fourth-order valence-electron chi connectivity index (χ4n) is 3.51. The minimum Gasteiger partial charge on any atom is -0.456 e. The van der Waals surface area contributed by atoms with Gasteiger partial charge in [0.1, 0.15) is 5.60 Å². The van der Waals surface area contributed by atoms with Crippen LogP contribution in [0.1, 0.15) is 84.5 Å². The van der Waals surface area contributed by atoms with Crippen LogP contribution in [0.4, 0.5) is 11.4 Å². The molecule has 1 aliphatic heterocycles. The Morgan fingerprint density at radius 2 is 1.77 bits per heavy atom. The van der Waals surface area contributed by atoms with E-state index in [0.717, 1.165) is 30.3 Å². The van der Waals surface area contributed by atoms with Crippen molar-refractivity contribution >= 4 is 23.3 Å². The first-order valence-electron chi connectivity index (χ1n) is 11.7. The van der Waals surface area contributed by atoms with Gasteiger partial charge in [-0.15, -0.1) is 0 Å². The summed E-state index contributed by atoms with van der Waals surface area (Å²) in [6.07, 6.45) is 4.49. The highest BCUT2D eigenvalue weighted by atomic mass is 16.6. The lowest BCUT2D eigenvalue weighted by molar-refractivity contribution is -0.117. The highest BCUT2D eigenvalue weighted by Gasteiger charge is 2.39. The zero-order valence-corrected chi connectivity index (χ0v) is 20.4. The number of carbonyl (C=O) groups is 2. The van der Waals surface area contributed by atoms with Crippen LogP contribution >= 0.6 is 0 Å². The number of nitrogens with two attached hydrogens (primary N) is 1. The van der Waals surface area contributed by atoms with Crippen LogP contribution in [-0.4, -0.2) is 42.7 Å². The molecule has 0 aromatic heterocycles. The minimum absolute atomic E-state index is 0.0456. The number of nitrogens with zero attached hydrogens (tertiary/aromatic N) is 2. The van der Waals surface area contributed by atoms with Gasteiger partial charge in [-0.05, 0) is 64.2 Å². The predicted octanol–water partition coefficient (Wildman–Crippen LogP) is 4.75. The summed E-state index contributed by atoms with van der Waals surface area (Å²) >= 11 is 0. The van der Waals surface area contributed by atoms with Gasteiger partial charge in [0.05, 0.1) is 29.5 Å². The number of hydrogen-bond acceptors (Lipinski definition) is 5. The molecule has 6 nitrogen and oxygen atoms in total. The number of fused-ring (bicyclic) bond motifs is 1. The van der Waals surface area contributed by atoms with E-state index < -0.39 is 5.60 Å². The molecule has 2 N–H and O–H groups in total. The molecule has 2 aliphatic rings. The molecule has 3 rings (SSSR count). The molecule has 0 saturated heterocycles. The molecule has 0 bridgehead atoms. The Labute approximate surface area is 188 Å². The summed E-state index contributed by atoms with van der Waals surface area (Å²) in [6.45, 7) is 15.0. The van der Waals surface area contributed by atoms with Crippen LogP contribution in [0.3, 0.4) is 0 Å². The van der Waals surface area contributed by atoms with E-state index in [4.69, 9.17) is 10.5 Å². The van der Waals surface area contributed by atoms with Crippen LogP contribution in [0.25, 0.3) is 0 Å². The Balaban J connectivity index is 0.000000614. The molecular weight excluding hydrogens is 390 g/mol. The summed E-state index contributed by atoms with van der Waals surface area (Å²) < 4.78 is 5.50. The summed E-state index contributed by atoms with van der Waals surface area (Å²) in [5, 5.41) is 0. The van der Waals surface area contributed by atoms with Crippen LogP contribution in [0, 0.1) is 5.92 Å². The fourth-order valence-corrected chi connectivity index (χ4v) is 3.51. The smallest absolute Gasteiger partial charge is 0.338 e. The standard InChI is InChI=1S/C20H29N3O3.C5H12/c1-5-14-12-22(15-7-8-15)16-9-6-13(19(25)26-20(2,3)4)10-17(16)23(14)18(24)11-21;1-4-5(2)3/h6,9-10,14-15H,5,7-8,11-12,21H2,1-4H3;5H,4H2,1-3H3. The molecule has 0 spiro atoms. The highest BCUT2D eigenvalue weighted by molar-refractivity contribution is 6.02. The van der Waals surface area contributed by atoms with Gasteiger partial charge in [0.2, 0.25) is 5.91 Å². The van der Waals surface area contributed by atoms with Gasteiger partial charge in [0.15, 0.2) is 0 Å². The maximum Gasteiger partial charge on any atom is 0.338 e. The van der Waals surface area contributed by atoms with E-state index in [1.807, 2.05) is 26.8 Å². The highest BCUT2D eigenvalue weighted by Crippen LogP contribution is 2.43. The number of esters is 1. The Morgan fingerprint density at radius 1 is 1.16 bits per heavy atom. The molecule has 1 saturated carbocycles.